The molecule has 1 saturated carbocycles. The van der Waals surface area contributed by atoms with Crippen molar-refractivity contribution in [1.29, 1.82) is 0 Å². The fraction of sp³-hybridized carbons (Fsp3) is 0.833. The van der Waals surface area contributed by atoms with Gasteiger partial charge in [-0.1, -0.05) is 31.9 Å². The van der Waals surface area contributed by atoms with Crippen molar-refractivity contribution in [2.75, 3.05) is 6.54 Å². The third-order valence-corrected chi connectivity index (χ3v) is 2.92. The summed E-state index contributed by atoms with van der Waals surface area (Å²) in [5, 5.41) is 3.64. The van der Waals surface area contributed by atoms with E-state index in [1.54, 1.807) is 0 Å². The highest BCUT2D eigenvalue weighted by Crippen LogP contribution is 2.23. The maximum absolute atomic E-state index is 3.64. The second-order valence-corrected chi connectivity index (χ2v) is 4.28. The first-order chi connectivity index (χ1) is 6.33. The first-order valence-electron chi connectivity index (χ1n) is 5.67. The van der Waals surface area contributed by atoms with E-state index in [0.29, 0.717) is 0 Å². The molecule has 0 radical (unpaired) electrons. The van der Waals surface area contributed by atoms with Gasteiger partial charge in [0.1, 0.15) is 0 Å². The van der Waals surface area contributed by atoms with Crippen LogP contribution < -0.4 is 5.32 Å². The second kappa shape index (κ2) is 6.20. The summed E-state index contributed by atoms with van der Waals surface area (Å²) in [5.74, 6) is 0.938. The Bertz CT molecular complexity index is 151. The van der Waals surface area contributed by atoms with Crippen LogP contribution in [0.2, 0.25) is 0 Å². The molecule has 1 fully saturated rings. The Kier molecular flexibility index (Phi) is 5.14. The summed E-state index contributed by atoms with van der Waals surface area (Å²) in [4.78, 5) is 0. The smallest absolute Gasteiger partial charge is 0.00697 e. The first kappa shape index (κ1) is 10.8. The highest BCUT2D eigenvalue weighted by atomic mass is 14.9. The highest BCUT2D eigenvalue weighted by Gasteiger charge is 2.17. The van der Waals surface area contributed by atoms with Crippen molar-refractivity contribution in [2.45, 2.75) is 52.0 Å². The molecule has 1 aliphatic rings. The number of nitrogens with one attached hydrogen (secondary N) is 1. The van der Waals surface area contributed by atoms with Gasteiger partial charge < -0.3 is 5.32 Å². The van der Waals surface area contributed by atoms with Gasteiger partial charge in [-0.15, -0.1) is 0 Å². The number of hydrogen-bond donors (Lipinski definition) is 1. The van der Waals surface area contributed by atoms with Crippen LogP contribution >= 0.6 is 0 Å². The lowest BCUT2D eigenvalue weighted by Gasteiger charge is -2.27. The van der Waals surface area contributed by atoms with Crippen molar-refractivity contribution in [3.8, 4) is 0 Å². The van der Waals surface area contributed by atoms with E-state index in [1.165, 1.54) is 32.1 Å². The molecule has 1 heteroatoms. The van der Waals surface area contributed by atoms with Crippen molar-refractivity contribution in [1.82, 2.24) is 5.32 Å². The molecule has 0 amide bonds. The summed E-state index contributed by atoms with van der Waals surface area (Å²) in [7, 11) is 0. The summed E-state index contributed by atoms with van der Waals surface area (Å²) in [6, 6.07) is 0.800. The lowest BCUT2D eigenvalue weighted by molar-refractivity contribution is 0.303. The maximum Gasteiger partial charge on any atom is 0.00697 e. The van der Waals surface area contributed by atoms with Gasteiger partial charge in [-0.3, -0.25) is 0 Å². The van der Waals surface area contributed by atoms with Crippen molar-refractivity contribution in [2.24, 2.45) is 5.92 Å². The van der Waals surface area contributed by atoms with Crippen molar-refractivity contribution in [3.63, 3.8) is 0 Å². The van der Waals surface area contributed by atoms with E-state index < -0.39 is 0 Å². The average Bonchev–Trinajstić information content (AvgIpc) is 2.13. The van der Waals surface area contributed by atoms with Crippen LogP contribution in [0.25, 0.3) is 0 Å². The number of allylic oxidation sites excluding steroid dienone is 1. The molecule has 0 heterocycles. The molecule has 0 aromatic rings. The number of hydrogen-bond acceptors (Lipinski definition) is 1. The van der Waals surface area contributed by atoms with Gasteiger partial charge in [-0.25, -0.2) is 0 Å². The van der Waals surface area contributed by atoms with E-state index in [0.717, 1.165) is 18.5 Å². The molecule has 0 aromatic heterocycles. The van der Waals surface area contributed by atoms with Crippen LogP contribution in [0, 0.1) is 5.92 Å². The minimum absolute atomic E-state index is 0.800. The minimum atomic E-state index is 0.800. The van der Waals surface area contributed by atoms with Crippen LogP contribution in [-0.2, 0) is 0 Å². The lowest BCUT2D eigenvalue weighted by Crippen LogP contribution is -2.33. The summed E-state index contributed by atoms with van der Waals surface area (Å²) in [5.41, 5.74) is 0. The van der Waals surface area contributed by atoms with Gasteiger partial charge in [0, 0.05) is 6.04 Å². The Morgan fingerprint density at radius 1 is 1.38 bits per heavy atom. The topological polar surface area (TPSA) is 12.0 Å². The molecule has 13 heavy (non-hydrogen) atoms. The van der Waals surface area contributed by atoms with E-state index >= 15 is 0 Å². The molecule has 2 atom stereocenters. The predicted octanol–water partition coefficient (Wildman–Crippen LogP) is 3.12. The van der Waals surface area contributed by atoms with Crippen molar-refractivity contribution in [3.05, 3.63) is 12.2 Å². The molecule has 1 aliphatic carbocycles. The molecule has 0 bridgehead atoms. The van der Waals surface area contributed by atoms with Crippen molar-refractivity contribution >= 4 is 0 Å². The van der Waals surface area contributed by atoms with Gasteiger partial charge in [0.25, 0.3) is 0 Å². The Balaban J connectivity index is 2.06. The maximum atomic E-state index is 3.64. The van der Waals surface area contributed by atoms with Gasteiger partial charge >= 0.3 is 0 Å². The molecule has 1 N–H and O–H groups in total. The van der Waals surface area contributed by atoms with Crippen molar-refractivity contribution < 1.29 is 0 Å². The lowest BCUT2D eigenvalue weighted by atomic mass is 9.87. The van der Waals surface area contributed by atoms with Gasteiger partial charge in [-0.2, -0.15) is 0 Å². The Morgan fingerprint density at radius 2 is 2.23 bits per heavy atom. The normalized spacial score (nSPS) is 29.7. The molecule has 2 unspecified atom stereocenters. The van der Waals surface area contributed by atoms with E-state index in [9.17, 15) is 0 Å². The monoisotopic (exact) mass is 181 g/mol. The third kappa shape index (κ3) is 4.47. The second-order valence-electron chi connectivity index (χ2n) is 4.28. The van der Waals surface area contributed by atoms with Crippen LogP contribution in [0.1, 0.15) is 46.0 Å². The SMILES string of the molecule is C/C=C/CCNC1CCCC(C)C1. The van der Waals surface area contributed by atoms with E-state index in [-0.39, 0.29) is 0 Å². The van der Waals surface area contributed by atoms with Gasteiger partial charge in [-0.05, 0) is 38.6 Å². The zero-order chi connectivity index (χ0) is 9.52. The molecule has 1 rings (SSSR count). The summed E-state index contributed by atoms with van der Waals surface area (Å²) in [6.45, 7) is 5.62. The molecule has 76 valence electrons. The van der Waals surface area contributed by atoms with Gasteiger partial charge in [0.2, 0.25) is 0 Å². The first-order valence-corrected chi connectivity index (χ1v) is 5.67. The molecular formula is C12H23N. The molecule has 0 saturated heterocycles. The summed E-state index contributed by atoms with van der Waals surface area (Å²) in [6.07, 6.45) is 11.2. The largest absolute Gasteiger partial charge is 0.314 e. The summed E-state index contributed by atoms with van der Waals surface area (Å²) < 4.78 is 0. The average molecular weight is 181 g/mol. The zero-order valence-electron chi connectivity index (χ0n) is 9.05. The van der Waals surface area contributed by atoms with E-state index in [4.69, 9.17) is 0 Å². The van der Waals surface area contributed by atoms with E-state index in [2.05, 4.69) is 31.3 Å². The molecule has 0 aromatic carbocycles. The quantitative estimate of drug-likeness (QED) is 0.519. The number of rotatable bonds is 4. The highest BCUT2D eigenvalue weighted by molar-refractivity contribution is 4.80. The molecule has 0 spiro atoms. The van der Waals surface area contributed by atoms with Gasteiger partial charge in [0.05, 0.1) is 0 Å². The Morgan fingerprint density at radius 3 is 2.92 bits per heavy atom. The molecular weight excluding hydrogens is 158 g/mol. The Labute approximate surface area is 82.6 Å². The zero-order valence-corrected chi connectivity index (χ0v) is 9.05. The Hall–Kier alpha value is -0.300. The van der Waals surface area contributed by atoms with Crippen LogP contribution in [0.3, 0.4) is 0 Å². The molecule has 0 aliphatic heterocycles. The van der Waals surface area contributed by atoms with Crippen LogP contribution in [0.5, 0.6) is 0 Å². The molecule has 1 nitrogen and oxygen atoms in total. The van der Waals surface area contributed by atoms with E-state index in [1.807, 2.05) is 0 Å². The predicted molar refractivity (Wildman–Crippen MR) is 58.9 cm³/mol. The standard InChI is InChI=1S/C12H23N/c1-3-4-5-9-13-12-8-6-7-11(2)10-12/h3-4,11-13H,5-10H2,1-2H3/b4-3+. The van der Waals surface area contributed by atoms with Crippen LogP contribution in [-0.4, -0.2) is 12.6 Å². The fourth-order valence-electron chi connectivity index (χ4n) is 2.16. The van der Waals surface area contributed by atoms with Crippen LogP contribution in [0.4, 0.5) is 0 Å². The minimum Gasteiger partial charge on any atom is -0.314 e. The fourth-order valence-corrected chi connectivity index (χ4v) is 2.16. The van der Waals surface area contributed by atoms with Crippen LogP contribution in [0.15, 0.2) is 12.2 Å². The third-order valence-electron chi connectivity index (χ3n) is 2.92. The van der Waals surface area contributed by atoms with Gasteiger partial charge in [0.15, 0.2) is 0 Å². The summed E-state index contributed by atoms with van der Waals surface area (Å²) >= 11 is 0.